The van der Waals surface area contributed by atoms with Crippen molar-refractivity contribution in [1.29, 1.82) is 0 Å². The first-order valence-electron chi connectivity index (χ1n) is 12.1. The first kappa shape index (κ1) is 24.3. The minimum atomic E-state index is -0.365. The SMILES string of the molecule is CCCC(C(=O)Nc1ccccc1C)n1cccc2nc(SCc3cccc(-c4cccs4)c3)nc1-2. The smallest absolute Gasteiger partial charge is 0.247 e. The van der Waals surface area contributed by atoms with Gasteiger partial charge in [0.05, 0.1) is 0 Å². The summed E-state index contributed by atoms with van der Waals surface area (Å²) >= 11 is 3.37. The molecule has 2 aliphatic rings. The molecule has 0 fully saturated rings. The molecule has 182 valence electrons. The third kappa shape index (κ3) is 5.37. The van der Waals surface area contributed by atoms with E-state index in [0.29, 0.717) is 6.42 Å². The Morgan fingerprint density at radius 1 is 1.06 bits per heavy atom. The number of hydrogen-bond donors (Lipinski definition) is 1. The molecule has 0 saturated heterocycles. The average Bonchev–Trinajstić information content (AvgIpc) is 3.58. The number of aryl methyl sites for hydroxylation is 1. The fourth-order valence-corrected chi connectivity index (χ4v) is 5.76. The molecule has 2 aliphatic heterocycles. The molecule has 7 heteroatoms. The first-order chi connectivity index (χ1) is 17.6. The van der Waals surface area contributed by atoms with Crippen LogP contribution in [-0.4, -0.2) is 20.4 Å². The zero-order valence-electron chi connectivity index (χ0n) is 20.3. The first-order valence-corrected chi connectivity index (χ1v) is 14.0. The quantitative estimate of drug-likeness (QED) is 0.206. The number of fused-ring (bicyclic) bond motifs is 1. The Bertz CT molecular complexity index is 1430. The van der Waals surface area contributed by atoms with E-state index in [9.17, 15) is 4.79 Å². The normalized spacial score (nSPS) is 12.1. The number of imidazole rings is 1. The number of nitrogens with zero attached hydrogens (tertiary/aromatic N) is 3. The summed E-state index contributed by atoms with van der Waals surface area (Å²) in [5.74, 6) is 1.48. The number of rotatable bonds is 9. The molecule has 0 spiro atoms. The number of thiophene rings is 1. The van der Waals surface area contributed by atoms with Gasteiger partial charge >= 0.3 is 0 Å². The molecule has 1 amide bonds. The van der Waals surface area contributed by atoms with Crippen molar-refractivity contribution in [2.24, 2.45) is 0 Å². The molecule has 36 heavy (non-hydrogen) atoms. The van der Waals surface area contributed by atoms with E-state index in [1.54, 1.807) is 23.1 Å². The number of anilines is 1. The van der Waals surface area contributed by atoms with E-state index in [2.05, 4.69) is 54.0 Å². The van der Waals surface area contributed by atoms with Crippen LogP contribution in [0.15, 0.2) is 89.5 Å². The summed E-state index contributed by atoms with van der Waals surface area (Å²) in [5.41, 5.74) is 5.15. The van der Waals surface area contributed by atoms with Crippen LogP contribution in [0, 0.1) is 6.92 Å². The molecular weight excluding hydrogens is 484 g/mol. The van der Waals surface area contributed by atoms with Crippen molar-refractivity contribution >= 4 is 34.7 Å². The van der Waals surface area contributed by atoms with E-state index in [1.165, 1.54) is 16.0 Å². The second-order valence-electron chi connectivity index (χ2n) is 8.71. The van der Waals surface area contributed by atoms with Crippen LogP contribution < -0.4 is 5.32 Å². The predicted molar refractivity (Wildman–Crippen MR) is 150 cm³/mol. The number of thioether (sulfide) groups is 1. The number of hydrogen-bond acceptors (Lipinski definition) is 5. The van der Waals surface area contributed by atoms with Gasteiger partial charge in [0, 0.05) is 22.5 Å². The number of carbonyl (C=O) groups is 1. The van der Waals surface area contributed by atoms with Gasteiger partial charge in [0.2, 0.25) is 5.91 Å². The van der Waals surface area contributed by atoms with Crippen molar-refractivity contribution in [3.8, 4) is 22.0 Å². The second-order valence-corrected chi connectivity index (χ2v) is 10.6. The van der Waals surface area contributed by atoms with Gasteiger partial charge in [0.15, 0.2) is 11.0 Å². The minimum Gasteiger partial charge on any atom is -0.324 e. The fraction of sp³-hybridized carbons (Fsp3) is 0.207. The molecule has 3 heterocycles. The maximum atomic E-state index is 13.4. The van der Waals surface area contributed by atoms with Crippen molar-refractivity contribution in [3.63, 3.8) is 0 Å². The van der Waals surface area contributed by atoms with Gasteiger partial charge in [-0.05, 0) is 65.7 Å². The van der Waals surface area contributed by atoms with Crippen molar-refractivity contribution in [2.45, 2.75) is 43.6 Å². The van der Waals surface area contributed by atoms with Gasteiger partial charge in [-0.15, -0.1) is 11.3 Å². The van der Waals surface area contributed by atoms with Gasteiger partial charge in [-0.3, -0.25) is 4.79 Å². The van der Waals surface area contributed by atoms with Crippen LogP contribution >= 0.6 is 23.1 Å². The molecule has 1 aromatic heterocycles. The van der Waals surface area contributed by atoms with Crippen molar-refractivity contribution in [1.82, 2.24) is 14.5 Å². The summed E-state index contributed by atoms with van der Waals surface area (Å²) in [6.45, 7) is 4.09. The molecule has 0 bridgehead atoms. The van der Waals surface area contributed by atoms with Crippen LogP contribution in [0.2, 0.25) is 0 Å². The van der Waals surface area contributed by atoms with Crippen molar-refractivity contribution in [2.75, 3.05) is 5.32 Å². The second kappa shape index (κ2) is 11.1. The zero-order valence-corrected chi connectivity index (χ0v) is 22.0. The molecular formula is C29H28N4OS2. The Labute approximate surface area is 220 Å². The molecule has 1 atom stereocenters. The zero-order chi connectivity index (χ0) is 24.9. The lowest BCUT2D eigenvalue weighted by Crippen LogP contribution is -2.27. The van der Waals surface area contributed by atoms with Crippen LogP contribution in [-0.2, 0) is 10.5 Å². The number of benzene rings is 2. The molecule has 2 aromatic carbocycles. The Kier molecular flexibility index (Phi) is 7.49. The highest BCUT2D eigenvalue weighted by molar-refractivity contribution is 7.98. The Hall–Kier alpha value is -3.42. The van der Waals surface area contributed by atoms with Gasteiger partial charge in [-0.2, -0.15) is 0 Å². The Morgan fingerprint density at radius 3 is 2.75 bits per heavy atom. The maximum Gasteiger partial charge on any atom is 0.247 e. The number of amides is 1. The number of para-hydroxylation sites is 1. The molecule has 5 rings (SSSR count). The van der Waals surface area contributed by atoms with E-state index >= 15 is 0 Å². The fourth-order valence-electron chi connectivity index (χ4n) is 4.25. The summed E-state index contributed by atoms with van der Waals surface area (Å²) in [4.78, 5) is 24.2. The molecule has 5 nitrogen and oxygen atoms in total. The highest BCUT2D eigenvalue weighted by Crippen LogP contribution is 2.31. The van der Waals surface area contributed by atoms with Crippen LogP contribution in [0.25, 0.3) is 22.0 Å². The summed E-state index contributed by atoms with van der Waals surface area (Å²) in [7, 11) is 0. The molecule has 0 radical (unpaired) electrons. The maximum absolute atomic E-state index is 13.4. The summed E-state index contributed by atoms with van der Waals surface area (Å²) in [6, 6.07) is 24.2. The van der Waals surface area contributed by atoms with Crippen LogP contribution in [0.5, 0.6) is 0 Å². The average molecular weight is 513 g/mol. The summed E-state index contributed by atoms with van der Waals surface area (Å²) in [6.07, 6.45) is 3.53. The molecule has 3 aromatic rings. The van der Waals surface area contributed by atoms with E-state index in [4.69, 9.17) is 9.97 Å². The number of pyridine rings is 1. The molecule has 1 N–H and O–H groups in total. The van der Waals surface area contributed by atoms with Crippen LogP contribution in [0.4, 0.5) is 5.69 Å². The molecule has 0 aliphatic carbocycles. The molecule has 0 saturated carbocycles. The lowest BCUT2D eigenvalue weighted by molar-refractivity contribution is -0.119. The largest absolute Gasteiger partial charge is 0.324 e. The van der Waals surface area contributed by atoms with Gasteiger partial charge in [0.25, 0.3) is 0 Å². The third-order valence-corrected chi connectivity index (χ3v) is 7.93. The summed E-state index contributed by atoms with van der Waals surface area (Å²) < 4.78 is 1.97. The Morgan fingerprint density at radius 2 is 1.94 bits per heavy atom. The van der Waals surface area contributed by atoms with Gasteiger partial charge < -0.3 is 9.88 Å². The molecule has 1 unspecified atom stereocenters. The number of nitrogens with one attached hydrogen (secondary N) is 1. The monoisotopic (exact) mass is 512 g/mol. The lowest BCUT2D eigenvalue weighted by Gasteiger charge is -2.22. The van der Waals surface area contributed by atoms with Gasteiger partial charge in [0.1, 0.15) is 11.7 Å². The van der Waals surface area contributed by atoms with Crippen LogP contribution in [0.1, 0.15) is 36.9 Å². The predicted octanol–water partition coefficient (Wildman–Crippen LogP) is 7.69. The van der Waals surface area contributed by atoms with E-state index in [0.717, 1.165) is 40.1 Å². The third-order valence-electron chi connectivity index (χ3n) is 6.10. The van der Waals surface area contributed by atoms with E-state index in [-0.39, 0.29) is 11.9 Å². The number of carbonyl (C=O) groups excluding carboxylic acids is 1. The standard InChI is InChI=1S/C29H28N4OS2/c1-3-9-25(28(34)30-23-13-5-4-10-20(23)2)33-16-7-14-24-27(33)32-29(31-24)36-19-21-11-6-12-22(18-21)26-15-8-17-35-26/h4-8,10-18,25H,3,9,19H2,1-2H3,(H,30,34). The van der Waals surface area contributed by atoms with Crippen LogP contribution in [0.3, 0.4) is 0 Å². The van der Waals surface area contributed by atoms with E-state index < -0.39 is 0 Å². The summed E-state index contributed by atoms with van der Waals surface area (Å²) in [5, 5.41) is 5.94. The topological polar surface area (TPSA) is 59.8 Å². The number of aromatic nitrogens is 3. The highest BCUT2D eigenvalue weighted by atomic mass is 32.2. The van der Waals surface area contributed by atoms with Crippen molar-refractivity contribution in [3.05, 3.63) is 95.5 Å². The highest BCUT2D eigenvalue weighted by Gasteiger charge is 2.25. The van der Waals surface area contributed by atoms with Crippen molar-refractivity contribution < 1.29 is 4.79 Å². The van der Waals surface area contributed by atoms with Gasteiger partial charge in [-0.25, -0.2) is 9.97 Å². The minimum absolute atomic E-state index is 0.0359. The lowest BCUT2D eigenvalue weighted by atomic mass is 10.1. The Balaban J connectivity index is 1.36. The van der Waals surface area contributed by atoms with E-state index in [1.807, 2.05) is 54.1 Å². The van der Waals surface area contributed by atoms with Gasteiger partial charge in [-0.1, -0.05) is 67.6 Å².